The number of nitrogens with zero attached hydrogens (tertiary/aromatic N) is 3. The van der Waals surface area contributed by atoms with Crippen molar-refractivity contribution in [3.63, 3.8) is 0 Å². The molecule has 0 saturated carbocycles. The zero-order valence-electron chi connectivity index (χ0n) is 16.8. The smallest absolute Gasteiger partial charge is 0.235 e. The molecule has 0 atom stereocenters. The molecule has 5 aromatic rings. The first-order valence-electron chi connectivity index (χ1n) is 9.93. The van der Waals surface area contributed by atoms with Crippen LogP contribution in [0.4, 0.5) is 0 Å². The number of ether oxygens (including phenoxy) is 1. The van der Waals surface area contributed by atoms with E-state index in [1.165, 1.54) is 0 Å². The van der Waals surface area contributed by atoms with Crippen molar-refractivity contribution in [1.29, 1.82) is 0 Å². The molecule has 0 spiro atoms. The molecule has 0 aliphatic heterocycles. The van der Waals surface area contributed by atoms with Gasteiger partial charge in [0.1, 0.15) is 11.5 Å². The minimum absolute atomic E-state index is 0.0281. The van der Waals surface area contributed by atoms with Crippen molar-refractivity contribution < 1.29 is 9.84 Å². The molecule has 0 aliphatic rings. The molecule has 0 amide bonds. The number of fused-ring (bicyclic) bond motifs is 3. The Morgan fingerprint density at radius 2 is 1.67 bits per heavy atom. The SMILES string of the molecule is CC(C)Oc1ccc(-c2c(-c3ccccc3)cnc3nc4ccccc4n23)c(O)c1. The topological polar surface area (TPSA) is 59.7 Å². The average molecular weight is 395 g/mol. The molecule has 0 saturated heterocycles. The molecule has 2 aromatic heterocycles. The van der Waals surface area contributed by atoms with Crippen molar-refractivity contribution in [3.05, 3.63) is 79.0 Å². The Hall–Kier alpha value is -3.86. The predicted molar refractivity (Wildman–Crippen MR) is 119 cm³/mol. The summed E-state index contributed by atoms with van der Waals surface area (Å²) in [7, 11) is 0. The number of para-hydroxylation sites is 2. The van der Waals surface area contributed by atoms with Crippen LogP contribution in [0.1, 0.15) is 13.8 Å². The molecule has 5 rings (SSSR count). The third-order valence-corrected chi connectivity index (χ3v) is 5.01. The highest BCUT2D eigenvalue weighted by molar-refractivity contribution is 5.90. The fourth-order valence-corrected chi connectivity index (χ4v) is 3.78. The molecule has 0 radical (unpaired) electrons. The number of imidazole rings is 1. The van der Waals surface area contributed by atoms with Gasteiger partial charge in [-0.3, -0.25) is 4.40 Å². The van der Waals surface area contributed by atoms with Crippen LogP contribution in [0.25, 0.3) is 39.2 Å². The minimum Gasteiger partial charge on any atom is -0.507 e. The highest BCUT2D eigenvalue weighted by atomic mass is 16.5. The molecule has 5 nitrogen and oxygen atoms in total. The van der Waals surface area contributed by atoms with Gasteiger partial charge in [-0.05, 0) is 43.7 Å². The zero-order chi connectivity index (χ0) is 20.7. The summed E-state index contributed by atoms with van der Waals surface area (Å²) in [4.78, 5) is 9.28. The van der Waals surface area contributed by atoms with E-state index in [1.807, 2.05) is 91.2 Å². The van der Waals surface area contributed by atoms with E-state index in [0.29, 0.717) is 17.1 Å². The van der Waals surface area contributed by atoms with Gasteiger partial charge in [0, 0.05) is 23.4 Å². The van der Waals surface area contributed by atoms with Gasteiger partial charge in [0.2, 0.25) is 5.78 Å². The first-order valence-corrected chi connectivity index (χ1v) is 9.93. The van der Waals surface area contributed by atoms with E-state index in [-0.39, 0.29) is 11.9 Å². The normalized spacial score (nSPS) is 11.4. The lowest BCUT2D eigenvalue weighted by Crippen LogP contribution is -2.05. The summed E-state index contributed by atoms with van der Waals surface area (Å²) in [6.07, 6.45) is 1.85. The second kappa shape index (κ2) is 7.19. The van der Waals surface area contributed by atoms with Gasteiger partial charge >= 0.3 is 0 Å². The van der Waals surface area contributed by atoms with Gasteiger partial charge < -0.3 is 9.84 Å². The molecule has 5 heteroatoms. The van der Waals surface area contributed by atoms with Crippen molar-refractivity contribution in [3.8, 4) is 33.9 Å². The van der Waals surface area contributed by atoms with Crippen LogP contribution in [0, 0.1) is 0 Å². The second-order valence-electron chi connectivity index (χ2n) is 7.47. The van der Waals surface area contributed by atoms with E-state index in [0.717, 1.165) is 27.9 Å². The number of rotatable bonds is 4. The van der Waals surface area contributed by atoms with Crippen LogP contribution >= 0.6 is 0 Å². The number of aromatic hydroxyl groups is 1. The van der Waals surface area contributed by atoms with Crippen LogP contribution in [0.2, 0.25) is 0 Å². The van der Waals surface area contributed by atoms with Crippen LogP contribution in [0.15, 0.2) is 79.0 Å². The van der Waals surface area contributed by atoms with Gasteiger partial charge in [-0.1, -0.05) is 42.5 Å². The number of hydrogen-bond acceptors (Lipinski definition) is 4. The van der Waals surface area contributed by atoms with E-state index in [9.17, 15) is 5.11 Å². The summed E-state index contributed by atoms with van der Waals surface area (Å²) in [6, 6.07) is 23.4. The Labute approximate surface area is 174 Å². The van der Waals surface area contributed by atoms with E-state index in [2.05, 4.69) is 9.97 Å². The van der Waals surface area contributed by atoms with Gasteiger partial charge in [-0.25, -0.2) is 9.97 Å². The molecule has 0 fully saturated rings. The van der Waals surface area contributed by atoms with Crippen molar-refractivity contribution in [1.82, 2.24) is 14.4 Å². The monoisotopic (exact) mass is 395 g/mol. The fourth-order valence-electron chi connectivity index (χ4n) is 3.78. The van der Waals surface area contributed by atoms with Crippen molar-refractivity contribution >= 4 is 16.8 Å². The van der Waals surface area contributed by atoms with Gasteiger partial charge in [0.05, 0.1) is 22.8 Å². The number of benzene rings is 3. The van der Waals surface area contributed by atoms with Crippen LogP contribution in [-0.4, -0.2) is 25.6 Å². The minimum atomic E-state index is 0.0281. The van der Waals surface area contributed by atoms with Gasteiger partial charge in [-0.15, -0.1) is 0 Å². The maximum atomic E-state index is 11.0. The number of hydrogen-bond donors (Lipinski definition) is 1. The van der Waals surface area contributed by atoms with Crippen LogP contribution in [-0.2, 0) is 0 Å². The molecule has 3 aromatic carbocycles. The van der Waals surface area contributed by atoms with Crippen molar-refractivity contribution in [2.45, 2.75) is 20.0 Å². The van der Waals surface area contributed by atoms with Gasteiger partial charge in [0.15, 0.2) is 0 Å². The first kappa shape index (κ1) is 18.2. The van der Waals surface area contributed by atoms with Crippen molar-refractivity contribution in [2.24, 2.45) is 0 Å². The molecule has 0 bridgehead atoms. The van der Waals surface area contributed by atoms with Crippen LogP contribution in [0.3, 0.4) is 0 Å². The fraction of sp³-hybridized carbons (Fsp3) is 0.120. The van der Waals surface area contributed by atoms with Crippen molar-refractivity contribution in [2.75, 3.05) is 0 Å². The third-order valence-electron chi connectivity index (χ3n) is 5.01. The molecule has 1 N–H and O–H groups in total. The standard InChI is InChI=1S/C25H21N3O2/c1-16(2)30-18-12-13-19(23(29)14-18)24-20(17-8-4-3-5-9-17)15-26-25-27-21-10-6-7-11-22(21)28(24)25/h3-16,29H,1-2H3. The summed E-state index contributed by atoms with van der Waals surface area (Å²) in [5, 5.41) is 11.0. The third kappa shape index (κ3) is 3.05. The predicted octanol–water partition coefficient (Wildman–Crippen LogP) is 5.71. The molecule has 148 valence electrons. The van der Waals surface area contributed by atoms with Crippen LogP contribution < -0.4 is 4.74 Å². The Kier molecular flexibility index (Phi) is 4.36. The lowest BCUT2D eigenvalue weighted by Gasteiger charge is -2.16. The number of aromatic nitrogens is 3. The summed E-state index contributed by atoms with van der Waals surface area (Å²) in [6.45, 7) is 3.92. The molecular weight excluding hydrogens is 374 g/mol. The largest absolute Gasteiger partial charge is 0.507 e. The molecule has 30 heavy (non-hydrogen) atoms. The number of phenolic OH excluding ortho intramolecular Hbond substituents is 1. The Bertz CT molecular complexity index is 1360. The molecular formula is C25H21N3O2. The molecule has 2 heterocycles. The van der Waals surface area contributed by atoms with Gasteiger partial charge in [0.25, 0.3) is 0 Å². The second-order valence-corrected chi connectivity index (χ2v) is 7.47. The van der Waals surface area contributed by atoms with E-state index >= 15 is 0 Å². The summed E-state index contributed by atoms with van der Waals surface area (Å²) in [5.41, 5.74) is 5.26. The summed E-state index contributed by atoms with van der Waals surface area (Å²) in [5.74, 6) is 1.37. The number of phenols is 1. The average Bonchev–Trinajstić information content (AvgIpc) is 3.12. The lowest BCUT2D eigenvalue weighted by molar-refractivity contribution is 0.241. The van der Waals surface area contributed by atoms with E-state index in [4.69, 9.17) is 4.74 Å². The zero-order valence-corrected chi connectivity index (χ0v) is 16.8. The molecule has 0 unspecified atom stereocenters. The Morgan fingerprint density at radius 3 is 2.43 bits per heavy atom. The molecule has 0 aliphatic carbocycles. The highest BCUT2D eigenvalue weighted by Gasteiger charge is 2.19. The lowest BCUT2D eigenvalue weighted by atomic mass is 9.99. The highest BCUT2D eigenvalue weighted by Crippen LogP contribution is 2.39. The summed E-state index contributed by atoms with van der Waals surface area (Å²) < 4.78 is 7.76. The van der Waals surface area contributed by atoms with E-state index < -0.39 is 0 Å². The Balaban J connectivity index is 1.85. The first-order chi connectivity index (χ1) is 14.6. The Morgan fingerprint density at radius 1 is 0.900 bits per heavy atom. The van der Waals surface area contributed by atoms with E-state index in [1.54, 1.807) is 6.07 Å². The summed E-state index contributed by atoms with van der Waals surface area (Å²) >= 11 is 0. The maximum absolute atomic E-state index is 11.0. The van der Waals surface area contributed by atoms with Gasteiger partial charge in [-0.2, -0.15) is 0 Å². The van der Waals surface area contributed by atoms with Crippen LogP contribution in [0.5, 0.6) is 11.5 Å². The maximum Gasteiger partial charge on any atom is 0.235 e. The quantitative estimate of drug-likeness (QED) is 0.423.